The second kappa shape index (κ2) is 8.22. The Kier molecular flexibility index (Phi) is 5.74. The molecule has 3 aromatic rings. The smallest absolute Gasteiger partial charge is 0.302 e. The van der Waals surface area contributed by atoms with Crippen molar-refractivity contribution in [3.8, 4) is 0 Å². The highest BCUT2D eigenvalue weighted by atomic mass is 35.5. The van der Waals surface area contributed by atoms with Crippen molar-refractivity contribution in [2.45, 2.75) is 20.3 Å². The van der Waals surface area contributed by atoms with Crippen LogP contribution in [0.1, 0.15) is 28.9 Å². The summed E-state index contributed by atoms with van der Waals surface area (Å²) in [4.78, 5) is 31.2. The summed E-state index contributed by atoms with van der Waals surface area (Å²) in [6, 6.07) is 5.46. The third-order valence-corrected chi connectivity index (χ3v) is 4.11. The van der Waals surface area contributed by atoms with Gasteiger partial charge in [-0.2, -0.15) is 15.0 Å². The zero-order valence-electron chi connectivity index (χ0n) is 15.9. The first-order chi connectivity index (χ1) is 13.4. The fourth-order valence-corrected chi connectivity index (χ4v) is 2.59. The molecule has 0 saturated heterocycles. The highest BCUT2D eigenvalue weighted by molar-refractivity contribution is 6.34. The number of aromatic nitrogens is 4. The van der Waals surface area contributed by atoms with E-state index in [-0.39, 0.29) is 17.7 Å². The van der Waals surface area contributed by atoms with E-state index in [2.05, 4.69) is 30.6 Å². The Hall–Kier alpha value is -3.20. The number of benzene rings is 1. The van der Waals surface area contributed by atoms with Crippen molar-refractivity contribution in [3.05, 3.63) is 46.6 Å². The standard InChI is InChI=1S/C18H20ClN7O2/c1-5-13-21-16(24-17(22-13)26(3)4)25-18-20-9-12(28-18)15(27)23-14-10(2)7-6-8-11(14)19/h6-9H,5H2,1-4H3,(H,23,27)(H,20,21,22,24,25). The molecule has 0 radical (unpaired) electrons. The molecule has 0 unspecified atom stereocenters. The zero-order chi connectivity index (χ0) is 20.3. The number of nitrogens with zero attached hydrogens (tertiary/aromatic N) is 5. The number of para-hydroxylation sites is 1. The maximum atomic E-state index is 12.4. The molecule has 1 aromatic carbocycles. The van der Waals surface area contributed by atoms with Gasteiger partial charge in [0.2, 0.25) is 17.7 Å². The van der Waals surface area contributed by atoms with Gasteiger partial charge in [0.1, 0.15) is 5.82 Å². The third kappa shape index (κ3) is 4.37. The Bertz CT molecular complexity index is 983. The molecule has 2 heterocycles. The van der Waals surface area contributed by atoms with Crippen LogP contribution in [0.25, 0.3) is 0 Å². The predicted octanol–water partition coefficient (Wildman–Crippen LogP) is 3.45. The zero-order valence-corrected chi connectivity index (χ0v) is 16.7. The number of anilines is 4. The number of nitrogens with one attached hydrogen (secondary N) is 2. The largest absolute Gasteiger partial charge is 0.418 e. The first-order valence-corrected chi connectivity index (χ1v) is 8.96. The third-order valence-electron chi connectivity index (χ3n) is 3.79. The summed E-state index contributed by atoms with van der Waals surface area (Å²) in [5.74, 6) is 0.981. The summed E-state index contributed by atoms with van der Waals surface area (Å²) in [5.41, 5.74) is 1.37. The lowest BCUT2D eigenvalue weighted by molar-refractivity contribution is 0.0997. The van der Waals surface area contributed by atoms with Gasteiger partial charge in [0.25, 0.3) is 5.91 Å². The Morgan fingerprint density at radius 3 is 2.71 bits per heavy atom. The minimum absolute atomic E-state index is 0.0272. The predicted molar refractivity (Wildman–Crippen MR) is 107 cm³/mol. The molecule has 10 heteroatoms. The molecule has 146 valence electrons. The van der Waals surface area contributed by atoms with Gasteiger partial charge in [-0.05, 0) is 18.6 Å². The molecule has 9 nitrogen and oxygen atoms in total. The minimum atomic E-state index is -0.462. The summed E-state index contributed by atoms with van der Waals surface area (Å²) in [5, 5.41) is 6.04. The topological polar surface area (TPSA) is 109 Å². The molecule has 1 amide bonds. The number of aryl methyl sites for hydroxylation is 2. The van der Waals surface area contributed by atoms with Gasteiger partial charge in [-0.25, -0.2) is 4.98 Å². The molecule has 2 N–H and O–H groups in total. The van der Waals surface area contributed by atoms with Crippen LogP contribution in [-0.4, -0.2) is 39.9 Å². The molecule has 0 saturated carbocycles. The molecule has 28 heavy (non-hydrogen) atoms. The molecule has 0 aliphatic heterocycles. The molecule has 0 aliphatic carbocycles. The van der Waals surface area contributed by atoms with Crippen molar-refractivity contribution < 1.29 is 9.21 Å². The van der Waals surface area contributed by atoms with Crippen LogP contribution in [0, 0.1) is 6.92 Å². The lowest BCUT2D eigenvalue weighted by Gasteiger charge is -2.12. The SMILES string of the molecule is CCc1nc(Nc2ncc(C(=O)Nc3c(C)cccc3Cl)o2)nc(N(C)C)n1. The Morgan fingerprint density at radius 2 is 2.04 bits per heavy atom. The summed E-state index contributed by atoms with van der Waals surface area (Å²) in [6.07, 6.45) is 1.97. The number of carbonyl (C=O) groups excluding carboxylic acids is 1. The highest BCUT2D eigenvalue weighted by Crippen LogP contribution is 2.26. The number of rotatable bonds is 6. The van der Waals surface area contributed by atoms with E-state index in [1.807, 2.05) is 40.1 Å². The Morgan fingerprint density at radius 1 is 1.25 bits per heavy atom. The van der Waals surface area contributed by atoms with Gasteiger partial charge < -0.3 is 14.6 Å². The summed E-state index contributed by atoms with van der Waals surface area (Å²) in [6.45, 7) is 3.80. The first kappa shape index (κ1) is 19.6. The van der Waals surface area contributed by atoms with Crippen molar-refractivity contribution in [3.63, 3.8) is 0 Å². The second-order valence-electron chi connectivity index (χ2n) is 6.16. The van der Waals surface area contributed by atoms with E-state index in [4.69, 9.17) is 16.0 Å². The van der Waals surface area contributed by atoms with E-state index in [1.165, 1.54) is 6.20 Å². The molecule has 0 aliphatic rings. The van der Waals surface area contributed by atoms with Gasteiger partial charge in [-0.1, -0.05) is 30.7 Å². The average molecular weight is 402 g/mol. The molecule has 0 fully saturated rings. The van der Waals surface area contributed by atoms with Gasteiger partial charge in [-0.15, -0.1) is 0 Å². The van der Waals surface area contributed by atoms with E-state index < -0.39 is 5.91 Å². The van der Waals surface area contributed by atoms with Crippen LogP contribution in [0.5, 0.6) is 0 Å². The number of hydrogen-bond acceptors (Lipinski definition) is 8. The van der Waals surface area contributed by atoms with Crippen molar-refractivity contribution in [1.29, 1.82) is 0 Å². The van der Waals surface area contributed by atoms with Crippen LogP contribution >= 0.6 is 11.6 Å². The normalized spacial score (nSPS) is 10.6. The average Bonchev–Trinajstić information content (AvgIpc) is 3.13. The lowest BCUT2D eigenvalue weighted by Crippen LogP contribution is -2.16. The maximum absolute atomic E-state index is 12.4. The molecular weight excluding hydrogens is 382 g/mol. The van der Waals surface area contributed by atoms with Crippen molar-refractivity contribution in [1.82, 2.24) is 19.9 Å². The summed E-state index contributed by atoms with van der Waals surface area (Å²) < 4.78 is 5.48. The number of amides is 1. The fourth-order valence-electron chi connectivity index (χ4n) is 2.32. The molecule has 2 aromatic heterocycles. The van der Waals surface area contributed by atoms with E-state index in [0.717, 1.165) is 5.56 Å². The number of oxazole rings is 1. The lowest BCUT2D eigenvalue weighted by atomic mass is 10.2. The quantitative estimate of drug-likeness (QED) is 0.646. The number of halogens is 1. The molecule has 0 spiro atoms. The van der Waals surface area contributed by atoms with Crippen LogP contribution in [0.2, 0.25) is 5.02 Å². The molecule has 3 rings (SSSR count). The van der Waals surface area contributed by atoms with Crippen molar-refractivity contribution >= 4 is 41.1 Å². The first-order valence-electron chi connectivity index (χ1n) is 8.59. The number of carbonyl (C=O) groups is 1. The molecule has 0 bridgehead atoms. The Labute approximate surface area is 167 Å². The van der Waals surface area contributed by atoms with E-state index >= 15 is 0 Å². The molecular formula is C18H20ClN7O2. The van der Waals surface area contributed by atoms with Crippen LogP contribution in [0.15, 0.2) is 28.8 Å². The highest BCUT2D eigenvalue weighted by Gasteiger charge is 2.16. The Balaban J connectivity index is 1.77. The van der Waals surface area contributed by atoms with Gasteiger partial charge in [0.15, 0.2) is 0 Å². The van der Waals surface area contributed by atoms with E-state index in [1.54, 1.807) is 11.0 Å². The van der Waals surface area contributed by atoms with Crippen LogP contribution < -0.4 is 15.5 Å². The minimum Gasteiger partial charge on any atom is -0.418 e. The van der Waals surface area contributed by atoms with Gasteiger partial charge in [0.05, 0.1) is 16.9 Å². The fraction of sp³-hybridized carbons (Fsp3) is 0.278. The van der Waals surface area contributed by atoms with Crippen LogP contribution in [-0.2, 0) is 6.42 Å². The molecule has 0 atom stereocenters. The van der Waals surface area contributed by atoms with Gasteiger partial charge in [0, 0.05) is 20.5 Å². The number of hydrogen-bond donors (Lipinski definition) is 2. The summed E-state index contributed by atoms with van der Waals surface area (Å²) in [7, 11) is 3.67. The maximum Gasteiger partial charge on any atom is 0.302 e. The van der Waals surface area contributed by atoms with E-state index in [0.29, 0.717) is 28.9 Å². The van der Waals surface area contributed by atoms with Crippen LogP contribution in [0.4, 0.5) is 23.6 Å². The van der Waals surface area contributed by atoms with Crippen molar-refractivity contribution in [2.75, 3.05) is 29.6 Å². The van der Waals surface area contributed by atoms with Gasteiger partial charge >= 0.3 is 6.01 Å². The van der Waals surface area contributed by atoms with Crippen LogP contribution in [0.3, 0.4) is 0 Å². The van der Waals surface area contributed by atoms with E-state index in [9.17, 15) is 4.79 Å². The van der Waals surface area contributed by atoms with Crippen molar-refractivity contribution in [2.24, 2.45) is 0 Å². The monoisotopic (exact) mass is 401 g/mol. The van der Waals surface area contributed by atoms with Gasteiger partial charge in [-0.3, -0.25) is 10.1 Å². The second-order valence-corrected chi connectivity index (χ2v) is 6.57. The summed E-state index contributed by atoms with van der Waals surface area (Å²) >= 11 is 6.14.